The molecule has 21 heavy (non-hydrogen) atoms. The highest BCUT2D eigenvalue weighted by Gasteiger charge is 2.21. The number of hydrogen-bond donors (Lipinski definition) is 3. The minimum Gasteiger partial charge on any atom is -0.351 e. The lowest BCUT2D eigenvalue weighted by Gasteiger charge is -2.22. The molecule has 1 heterocycles. The van der Waals surface area contributed by atoms with Gasteiger partial charge >= 0.3 is 6.03 Å². The Kier molecular flexibility index (Phi) is 5.08. The number of carbonyl (C=O) groups excluding carboxylic acids is 2. The molecule has 0 saturated heterocycles. The Bertz CT molecular complexity index is 599. The number of imide groups is 1. The van der Waals surface area contributed by atoms with Gasteiger partial charge in [-0.15, -0.1) is 11.3 Å². The van der Waals surface area contributed by atoms with E-state index in [-0.39, 0.29) is 6.04 Å². The molecule has 110 valence electrons. The fourth-order valence-electron chi connectivity index (χ4n) is 2.00. The summed E-state index contributed by atoms with van der Waals surface area (Å²) in [5.74, 6) is -0.444. The second-order valence-electron chi connectivity index (χ2n) is 4.60. The smallest absolute Gasteiger partial charge is 0.318 e. The number of urea groups is 1. The Hall–Kier alpha value is -2.18. The van der Waals surface area contributed by atoms with Crippen molar-refractivity contribution in [2.24, 2.45) is 5.73 Å². The van der Waals surface area contributed by atoms with Crippen molar-refractivity contribution in [1.29, 1.82) is 0 Å². The van der Waals surface area contributed by atoms with Gasteiger partial charge in [-0.05, 0) is 23.9 Å². The van der Waals surface area contributed by atoms with Crippen LogP contribution >= 0.6 is 11.3 Å². The summed E-state index contributed by atoms with van der Waals surface area (Å²) in [4.78, 5) is 23.7. The first-order valence-electron chi connectivity index (χ1n) is 6.52. The molecular formula is C15H17N3O2S. The number of carbonyl (C=O) groups is 2. The highest BCUT2D eigenvalue weighted by Crippen LogP contribution is 2.26. The molecule has 1 aromatic carbocycles. The van der Waals surface area contributed by atoms with E-state index in [0.29, 0.717) is 0 Å². The Morgan fingerprint density at radius 2 is 1.86 bits per heavy atom. The molecule has 0 aliphatic carbocycles. The molecule has 0 unspecified atom stereocenters. The minimum absolute atomic E-state index is 0.111. The van der Waals surface area contributed by atoms with E-state index in [1.807, 2.05) is 47.8 Å². The molecule has 0 spiro atoms. The van der Waals surface area contributed by atoms with Gasteiger partial charge in [-0.1, -0.05) is 36.4 Å². The predicted molar refractivity (Wildman–Crippen MR) is 82.9 cm³/mol. The minimum atomic E-state index is -0.846. The Labute approximate surface area is 127 Å². The average molecular weight is 303 g/mol. The molecule has 3 amide bonds. The lowest BCUT2D eigenvalue weighted by Crippen LogP contribution is -2.47. The lowest BCUT2D eigenvalue weighted by atomic mass is 10.0. The van der Waals surface area contributed by atoms with E-state index < -0.39 is 18.0 Å². The van der Waals surface area contributed by atoms with Crippen LogP contribution in [-0.4, -0.2) is 18.0 Å². The van der Waals surface area contributed by atoms with Crippen molar-refractivity contribution in [3.63, 3.8) is 0 Å². The summed E-state index contributed by atoms with van der Waals surface area (Å²) in [7, 11) is 0. The molecule has 0 fully saturated rings. The lowest BCUT2D eigenvalue weighted by molar-refractivity contribution is -0.121. The van der Waals surface area contributed by atoms with Crippen LogP contribution in [0.4, 0.5) is 4.79 Å². The largest absolute Gasteiger partial charge is 0.351 e. The quantitative estimate of drug-likeness (QED) is 0.790. The van der Waals surface area contributed by atoms with Gasteiger partial charge in [0, 0.05) is 4.88 Å². The third kappa shape index (κ3) is 4.14. The normalized spacial score (nSPS) is 13.4. The highest BCUT2D eigenvalue weighted by molar-refractivity contribution is 7.10. The van der Waals surface area contributed by atoms with Gasteiger partial charge < -0.3 is 5.73 Å². The van der Waals surface area contributed by atoms with Crippen LogP contribution in [-0.2, 0) is 4.79 Å². The van der Waals surface area contributed by atoms with Gasteiger partial charge in [-0.3, -0.25) is 15.4 Å². The number of rotatable bonds is 5. The van der Waals surface area contributed by atoms with Crippen LogP contribution in [0.15, 0.2) is 47.8 Å². The highest BCUT2D eigenvalue weighted by atomic mass is 32.1. The summed E-state index contributed by atoms with van der Waals surface area (Å²) in [6, 6.07) is 12.3. The van der Waals surface area contributed by atoms with E-state index in [1.165, 1.54) is 0 Å². The van der Waals surface area contributed by atoms with Crippen molar-refractivity contribution in [1.82, 2.24) is 10.6 Å². The van der Waals surface area contributed by atoms with E-state index in [4.69, 9.17) is 5.73 Å². The molecule has 6 heteroatoms. The molecule has 0 aliphatic rings. The van der Waals surface area contributed by atoms with Crippen molar-refractivity contribution in [2.75, 3.05) is 0 Å². The maximum atomic E-state index is 11.8. The third-order valence-electron chi connectivity index (χ3n) is 3.02. The van der Waals surface area contributed by atoms with Gasteiger partial charge in [0.15, 0.2) is 0 Å². The SMILES string of the molecule is C[C@H](N[C@@H](c1ccccc1)c1cccs1)C(=O)NC(N)=O. The summed E-state index contributed by atoms with van der Waals surface area (Å²) >= 11 is 1.61. The van der Waals surface area contributed by atoms with E-state index in [2.05, 4.69) is 10.6 Å². The van der Waals surface area contributed by atoms with Crippen LogP contribution in [0.1, 0.15) is 23.4 Å². The van der Waals surface area contributed by atoms with Crippen molar-refractivity contribution in [3.05, 3.63) is 58.3 Å². The van der Waals surface area contributed by atoms with Crippen molar-refractivity contribution < 1.29 is 9.59 Å². The summed E-state index contributed by atoms with van der Waals surface area (Å²) in [5.41, 5.74) is 6.03. The van der Waals surface area contributed by atoms with Crippen LogP contribution in [0, 0.1) is 0 Å². The second kappa shape index (κ2) is 7.01. The average Bonchev–Trinajstić information content (AvgIpc) is 2.98. The van der Waals surface area contributed by atoms with Crippen molar-refractivity contribution >= 4 is 23.3 Å². The van der Waals surface area contributed by atoms with Crippen LogP contribution in [0.3, 0.4) is 0 Å². The molecule has 2 aromatic rings. The van der Waals surface area contributed by atoms with E-state index in [9.17, 15) is 9.59 Å². The molecule has 0 bridgehead atoms. The van der Waals surface area contributed by atoms with Crippen LogP contribution in [0.5, 0.6) is 0 Å². The number of benzene rings is 1. The number of amides is 3. The van der Waals surface area contributed by atoms with E-state index in [1.54, 1.807) is 18.3 Å². The molecule has 0 saturated carbocycles. The zero-order valence-electron chi connectivity index (χ0n) is 11.6. The fraction of sp³-hybridized carbons (Fsp3) is 0.200. The maximum absolute atomic E-state index is 11.8. The molecular weight excluding hydrogens is 286 g/mol. The van der Waals surface area contributed by atoms with Gasteiger partial charge in [0.05, 0.1) is 12.1 Å². The Balaban J connectivity index is 2.18. The molecule has 5 nitrogen and oxygen atoms in total. The van der Waals surface area contributed by atoms with Gasteiger partial charge in [-0.2, -0.15) is 0 Å². The first-order chi connectivity index (χ1) is 10.1. The van der Waals surface area contributed by atoms with Crippen LogP contribution in [0.2, 0.25) is 0 Å². The zero-order valence-corrected chi connectivity index (χ0v) is 12.4. The zero-order chi connectivity index (χ0) is 15.2. The maximum Gasteiger partial charge on any atom is 0.318 e. The van der Waals surface area contributed by atoms with Crippen molar-refractivity contribution in [3.8, 4) is 0 Å². The Morgan fingerprint density at radius 1 is 1.14 bits per heavy atom. The monoisotopic (exact) mass is 303 g/mol. The van der Waals surface area contributed by atoms with Crippen LogP contribution in [0.25, 0.3) is 0 Å². The first-order valence-corrected chi connectivity index (χ1v) is 7.40. The van der Waals surface area contributed by atoms with Gasteiger partial charge in [0.25, 0.3) is 0 Å². The number of nitrogens with one attached hydrogen (secondary N) is 2. The molecule has 1 aromatic heterocycles. The summed E-state index contributed by atoms with van der Waals surface area (Å²) in [5, 5.41) is 7.30. The third-order valence-corrected chi connectivity index (χ3v) is 3.95. The molecule has 4 N–H and O–H groups in total. The first kappa shape index (κ1) is 15.2. The number of nitrogens with two attached hydrogens (primary N) is 1. The fourth-order valence-corrected chi connectivity index (χ4v) is 2.81. The number of hydrogen-bond acceptors (Lipinski definition) is 4. The van der Waals surface area contributed by atoms with Crippen LogP contribution < -0.4 is 16.4 Å². The topological polar surface area (TPSA) is 84.2 Å². The molecule has 2 atom stereocenters. The van der Waals surface area contributed by atoms with Gasteiger partial charge in [0.2, 0.25) is 5.91 Å². The molecule has 2 rings (SSSR count). The molecule has 0 radical (unpaired) electrons. The number of thiophene rings is 1. The van der Waals surface area contributed by atoms with Gasteiger partial charge in [0.1, 0.15) is 0 Å². The van der Waals surface area contributed by atoms with E-state index >= 15 is 0 Å². The van der Waals surface area contributed by atoms with Gasteiger partial charge in [-0.25, -0.2) is 4.79 Å². The molecule has 0 aliphatic heterocycles. The van der Waals surface area contributed by atoms with Crippen molar-refractivity contribution in [2.45, 2.75) is 19.0 Å². The standard InChI is InChI=1S/C15H17N3O2S/c1-10(14(19)18-15(16)20)17-13(12-8-5-9-21-12)11-6-3-2-4-7-11/h2-10,13,17H,1H3,(H3,16,18,19,20)/t10-,13-/m0/s1. The Morgan fingerprint density at radius 3 is 2.43 bits per heavy atom. The summed E-state index contributed by atoms with van der Waals surface area (Å²) in [6.07, 6.45) is 0. The predicted octanol–water partition coefficient (Wildman–Crippen LogP) is 2.01. The second-order valence-corrected chi connectivity index (χ2v) is 5.58. The van der Waals surface area contributed by atoms with E-state index in [0.717, 1.165) is 10.4 Å². The number of primary amides is 1. The summed E-state index contributed by atoms with van der Waals surface area (Å²) in [6.45, 7) is 1.70. The summed E-state index contributed by atoms with van der Waals surface area (Å²) < 4.78 is 0.